The highest BCUT2D eigenvalue weighted by atomic mass is 19.3. The predicted molar refractivity (Wildman–Crippen MR) is 50.9 cm³/mol. The van der Waals surface area contributed by atoms with Gasteiger partial charge in [0.25, 0.3) is 6.43 Å². The lowest BCUT2D eigenvalue weighted by Crippen LogP contribution is -2.18. The van der Waals surface area contributed by atoms with Gasteiger partial charge in [0.15, 0.2) is 0 Å². The van der Waals surface area contributed by atoms with Crippen molar-refractivity contribution in [2.45, 2.75) is 27.2 Å². The molecule has 0 aliphatic rings. The standard InChI is InChI=1S/C9H16F2N2/c1-7(2)8(3)5-13(12-4)6-9(10)11/h5,7,9H,4,6H2,1-3H3/b8-5+. The van der Waals surface area contributed by atoms with E-state index in [1.165, 1.54) is 5.01 Å². The highest BCUT2D eigenvalue weighted by molar-refractivity contribution is 5.23. The molecule has 76 valence electrons. The van der Waals surface area contributed by atoms with Crippen molar-refractivity contribution in [3.63, 3.8) is 0 Å². The van der Waals surface area contributed by atoms with Crippen LogP contribution in [0.2, 0.25) is 0 Å². The van der Waals surface area contributed by atoms with Crippen molar-refractivity contribution in [3.05, 3.63) is 11.8 Å². The molecule has 0 heterocycles. The van der Waals surface area contributed by atoms with Crippen LogP contribution in [0.4, 0.5) is 8.78 Å². The van der Waals surface area contributed by atoms with Crippen LogP contribution in [-0.2, 0) is 0 Å². The van der Waals surface area contributed by atoms with Gasteiger partial charge in [-0.05, 0) is 12.8 Å². The summed E-state index contributed by atoms with van der Waals surface area (Å²) in [6, 6.07) is 0. The summed E-state index contributed by atoms with van der Waals surface area (Å²) < 4.78 is 23.9. The first-order valence-corrected chi connectivity index (χ1v) is 4.17. The number of halogens is 2. The van der Waals surface area contributed by atoms with E-state index in [0.29, 0.717) is 5.92 Å². The van der Waals surface area contributed by atoms with Crippen LogP contribution in [0.5, 0.6) is 0 Å². The van der Waals surface area contributed by atoms with Gasteiger partial charge in [0.05, 0.1) is 0 Å². The summed E-state index contributed by atoms with van der Waals surface area (Å²) in [4.78, 5) is 0. The van der Waals surface area contributed by atoms with Gasteiger partial charge < -0.3 is 0 Å². The van der Waals surface area contributed by atoms with Crippen molar-refractivity contribution in [1.82, 2.24) is 5.01 Å². The molecule has 4 heteroatoms. The minimum absolute atomic E-state index is 0.335. The van der Waals surface area contributed by atoms with Crippen LogP contribution < -0.4 is 0 Å². The Hall–Kier alpha value is -0.930. The summed E-state index contributed by atoms with van der Waals surface area (Å²) >= 11 is 0. The van der Waals surface area contributed by atoms with Crippen LogP contribution >= 0.6 is 0 Å². The SMILES string of the molecule is C=NN(/C=C(\C)C(C)C)CC(F)F. The van der Waals surface area contributed by atoms with Crippen molar-refractivity contribution < 1.29 is 8.78 Å². The first-order chi connectivity index (χ1) is 5.97. The number of nitrogens with zero attached hydrogens (tertiary/aromatic N) is 2. The van der Waals surface area contributed by atoms with Gasteiger partial charge in [0.2, 0.25) is 0 Å². The maximum absolute atomic E-state index is 12.0. The van der Waals surface area contributed by atoms with Gasteiger partial charge in [-0.3, -0.25) is 5.01 Å². The molecule has 13 heavy (non-hydrogen) atoms. The zero-order valence-electron chi connectivity index (χ0n) is 8.30. The van der Waals surface area contributed by atoms with Crippen LogP contribution in [0.1, 0.15) is 20.8 Å². The number of allylic oxidation sites excluding steroid dienone is 1. The van der Waals surface area contributed by atoms with Gasteiger partial charge in [0, 0.05) is 12.9 Å². The number of rotatable bonds is 5. The molecule has 0 saturated heterocycles. The Labute approximate surface area is 77.9 Å². The third-order valence-electron chi connectivity index (χ3n) is 1.77. The highest BCUT2D eigenvalue weighted by Gasteiger charge is 2.07. The van der Waals surface area contributed by atoms with Crippen molar-refractivity contribution in [1.29, 1.82) is 0 Å². The van der Waals surface area contributed by atoms with Crippen LogP contribution in [0.25, 0.3) is 0 Å². The summed E-state index contributed by atoms with van der Waals surface area (Å²) in [7, 11) is 0. The first-order valence-electron chi connectivity index (χ1n) is 4.17. The van der Waals surface area contributed by atoms with Gasteiger partial charge in [-0.15, -0.1) is 0 Å². The normalized spacial score (nSPS) is 12.4. The fourth-order valence-corrected chi connectivity index (χ4v) is 0.677. The van der Waals surface area contributed by atoms with E-state index in [1.807, 2.05) is 20.8 Å². The summed E-state index contributed by atoms with van der Waals surface area (Å²) in [5.41, 5.74) is 1.01. The van der Waals surface area contributed by atoms with Gasteiger partial charge in [-0.25, -0.2) is 8.78 Å². The molecule has 0 unspecified atom stereocenters. The fourth-order valence-electron chi connectivity index (χ4n) is 0.677. The summed E-state index contributed by atoms with van der Waals surface area (Å²) in [6.45, 7) is 8.70. The molecule has 0 amide bonds. The van der Waals surface area contributed by atoms with Gasteiger partial charge in [-0.2, -0.15) is 5.10 Å². The van der Waals surface area contributed by atoms with E-state index in [1.54, 1.807) is 6.20 Å². The maximum atomic E-state index is 12.0. The molecule has 0 aromatic carbocycles. The summed E-state index contributed by atoms with van der Waals surface area (Å²) in [6.07, 6.45) is -0.786. The van der Waals surface area contributed by atoms with E-state index in [0.717, 1.165) is 5.57 Å². The Morgan fingerprint density at radius 2 is 2.08 bits per heavy atom. The molecule has 0 N–H and O–H groups in total. The Morgan fingerprint density at radius 3 is 2.38 bits per heavy atom. The van der Waals surface area contributed by atoms with Crippen molar-refractivity contribution in [2.24, 2.45) is 11.0 Å². The molecule has 0 aromatic rings. The van der Waals surface area contributed by atoms with E-state index < -0.39 is 13.0 Å². The molecule has 2 nitrogen and oxygen atoms in total. The third-order valence-corrected chi connectivity index (χ3v) is 1.77. The molecule has 0 saturated carbocycles. The van der Waals surface area contributed by atoms with Gasteiger partial charge >= 0.3 is 0 Å². The van der Waals surface area contributed by atoms with E-state index in [-0.39, 0.29) is 0 Å². The minimum atomic E-state index is -2.39. The average molecular weight is 190 g/mol. The summed E-state index contributed by atoms with van der Waals surface area (Å²) in [5, 5.41) is 4.64. The minimum Gasteiger partial charge on any atom is -0.268 e. The fraction of sp³-hybridized carbons (Fsp3) is 0.667. The number of hydrogen-bond acceptors (Lipinski definition) is 2. The molecular weight excluding hydrogens is 174 g/mol. The topological polar surface area (TPSA) is 15.6 Å². The quantitative estimate of drug-likeness (QED) is 0.480. The lowest BCUT2D eigenvalue weighted by Gasteiger charge is -2.15. The van der Waals surface area contributed by atoms with Crippen LogP contribution in [-0.4, -0.2) is 24.7 Å². The van der Waals surface area contributed by atoms with Gasteiger partial charge in [0.1, 0.15) is 6.54 Å². The van der Waals surface area contributed by atoms with Crippen molar-refractivity contribution in [3.8, 4) is 0 Å². The number of alkyl halides is 2. The van der Waals surface area contributed by atoms with Crippen LogP contribution in [0.3, 0.4) is 0 Å². The van der Waals surface area contributed by atoms with Crippen LogP contribution in [0, 0.1) is 5.92 Å². The molecule has 0 aromatic heterocycles. The molecular formula is C9H16F2N2. The van der Waals surface area contributed by atoms with Crippen molar-refractivity contribution in [2.75, 3.05) is 6.54 Å². The Morgan fingerprint density at radius 1 is 1.54 bits per heavy atom. The molecule has 0 bridgehead atoms. The lowest BCUT2D eigenvalue weighted by molar-refractivity contribution is 0.110. The molecule has 0 fully saturated rings. The highest BCUT2D eigenvalue weighted by Crippen LogP contribution is 2.10. The smallest absolute Gasteiger partial charge is 0.257 e. The largest absolute Gasteiger partial charge is 0.268 e. The second-order valence-electron chi connectivity index (χ2n) is 3.18. The zero-order chi connectivity index (χ0) is 10.4. The molecule has 0 spiro atoms. The van der Waals surface area contributed by atoms with E-state index in [9.17, 15) is 8.78 Å². The van der Waals surface area contributed by atoms with E-state index in [4.69, 9.17) is 0 Å². The number of hydrazone groups is 1. The number of hydrogen-bond donors (Lipinski definition) is 0. The monoisotopic (exact) mass is 190 g/mol. The Bertz CT molecular complexity index is 188. The zero-order valence-corrected chi connectivity index (χ0v) is 8.30. The predicted octanol–water partition coefficient (Wildman–Crippen LogP) is 2.73. The second-order valence-corrected chi connectivity index (χ2v) is 3.18. The Kier molecular flexibility index (Phi) is 5.26. The molecule has 0 radical (unpaired) electrons. The van der Waals surface area contributed by atoms with Crippen LogP contribution in [0.15, 0.2) is 16.9 Å². The average Bonchev–Trinajstić information content (AvgIpc) is 2.02. The molecule has 0 aliphatic heterocycles. The van der Waals surface area contributed by atoms with Gasteiger partial charge in [-0.1, -0.05) is 19.4 Å². The lowest BCUT2D eigenvalue weighted by atomic mass is 10.1. The van der Waals surface area contributed by atoms with E-state index >= 15 is 0 Å². The molecule has 0 aliphatic carbocycles. The summed E-state index contributed by atoms with van der Waals surface area (Å²) in [5.74, 6) is 0.335. The van der Waals surface area contributed by atoms with E-state index in [2.05, 4.69) is 11.8 Å². The first kappa shape index (κ1) is 12.1. The Balaban J connectivity index is 4.26. The second kappa shape index (κ2) is 5.67. The third kappa shape index (κ3) is 5.33. The molecule has 0 atom stereocenters. The molecule has 0 rings (SSSR count). The van der Waals surface area contributed by atoms with Crippen molar-refractivity contribution >= 4 is 6.72 Å². The maximum Gasteiger partial charge on any atom is 0.257 e.